The van der Waals surface area contributed by atoms with E-state index in [-0.39, 0.29) is 0 Å². The Morgan fingerprint density at radius 2 is 2.19 bits per heavy atom. The molecule has 2 heteroatoms. The van der Waals surface area contributed by atoms with E-state index in [0.717, 1.165) is 43.5 Å². The quantitative estimate of drug-likeness (QED) is 0.818. The van der Waals surface area contributed by atoms with Crippen molar-refractivity contribution < 1.29 is 9.53 Å². The van der Waals surface area contributed by atoms with Crippen LogP contribution >= 0.6 is 0 Å². The largest absolute Gasteiger partial charge is 0.493 e. The molecule has 112 valence electrons. The van der Waals surface area contributed by atoms with E-state index < -0.39 is 0 Å². The molecule has 3 aliphatic rings. The maximum Gasteiger partial charge on any atom is 0.133 e. The standard InChI is InChI=1S/C19H24O2/c20-18(12-17-11-14-1-4-15(17)10-14)5-2-13-3-6-19-16(9-13)7-8-21-19/h3,6,9,14-15,17H,1-2,4-5,7-8,10-12H2. The van der Waals surface area contributed by atoms with Crippen molar-refractivity contribution in [3.63, 3.8) is 0 Å². The predicted molar refractivity (Wildman–Crippen MR) is 82.5 cm³/mol. The predicted octanol–water partition coefficient (Wildman–Crippen LogP) is 3.95. The fourth-order valence-electron chi connectivity index (χ4n) is 4.70. The minimum Gasteiger partial charge on any atom is -0.493 e. The summed E-state index contributed by atoms with van der Waals surface area (Å²) >= 11 is 0. The highest BCUT2D eigenvalue weighted by Crippen LogP contribution is 2.49. The van der Waals surface area contributed by atoms with Gasteiger partial charge in [0.25, 0.3) is 0 Å². The number of Topliss-reactive ketones (excluding diaryl/α,β-unsaturated/α-hetero) is 1. The highest BCUT2D eigenvalue weighted by Gasteiger charge is 2.39. The van der Waals surface area contributed by atoms with Crippen molar-refractivity contribution in [1.29, 1.82) is 0 Å². The van der Waals surface area contributed by atoms with Gasteiger partial charge in [-0.1, -0.05) is 18.6 Å². The maximum atomic E-state index is 12.3. The van der Waals surface area contributed by atoms with E-state index >= 15 is 0 Å². The van der Waals surface area contributed by atoms with Gasteiger partial charge >= 0.3 is 0 Å². The average Bonchev–Trinajstić information content (AvgIpc) is 3.20. The van der Waals surface area contributed by atoms with Crippen LogP contribution in [0.5, 0.6) is 5.75 Å². The maximum absolute atomic E-state index is 12.3. The molecule has 2 aliphatic carbocycles. The second-order valence-electron chi connectivity index (χ2n) is 7.22. The summed E-state index contributed by atoms with van der Waals surface area (Å²) in [5, 5.41) is 0. The van der Waals surface area contributed by atoms with Crippen LogP contribution in [0.3, 0.4) is 0 Å². The minimum atomic E-state index is 0.476. The molecule has 2 fully saturated rings. The fraction of sp³-hybridized carbons (Fsp3) is 0.632. The summed E-state index contributed by atoms with van der Waals surface area (Å²) in [6.07, 6.45) is 9.01. The number of aryl methyl sites for hydroxylation is 1. The summed E-state index contributed by atoms with van der Waals surface area (Å²) in [5.41, 5.74) is 2.61. The van der Waals surface area contributed by atoms with Crippen LogP contribution in [0.4, 0.5) is 0 Å². The first-order valence-corrected chi connectivity index (χ1v) is 8.54. The Labute approximate surface area is 126 Å². The lowest BCUT2D eigenvalue weighted by molar-refractivity contribution is -0.120. The van der Waals surface area contributed by atoms with Gasteiger partial charge in [0.15, 0.2) is 0 Å². The lowest BCUT2D eigenvalue weighted by atomic mass is 9.84. The molecule has 3 unspecified atom stereocenters. The molecule has 21 heavy (non-hydrogen) atoms. The molecule has 0 N–H and O–H groups in total. The molecule has 2 nitrogen and oxygen atoms in total. The van der Waals surface area contributed by atoms with Crippen molar-refractivity contribution in [2.45, 2.75) is 51.4 Å². The van der Waals surface area contributed by atoms with E-state index in [1.807, 2.05) is 0 Å². The SMILES string of the molecule is O=C(CCc1ccc2c(c1)CCO2)CC1CC2CCC1C2. The molecular formula is C19H24O2. The molecule has 1 heterocycles. The van der Waals surface area contributed by atoms with E-state index in [2.05, 4.69) is 18.2 Å². The summed E-state index contributed by atoms with van der Waals surface area (Å²) in [6, 6.07) is 6.42. The monoisotopic (exact) mass is 284 g/mol. The number of ether oxygens (including phenoxy) is 1. The first-order valence-electron chi connectivity index (χ1n) is 8.54. The summed E-state index contributed by atoms with van der Waals surface area (Å²) in [4.78, 5) is 12.3. The number of benzene rings is 1. The van der Waals surface area contributed by atoms with Gasteiger partial charge in [-0.15, -0.1) is 0 Å². The molecule has 0 radical (unpaired) electrons. The van der Waals surface area contributed by atoms with Crippen LogP contribution in [0.1, 0.15) is 49.7 Å². The van der Waals surface area contributed by atoms with Crippen molar-refractivity contribution in [3.8, 4) is 5.75 Å². The first-order chi connectivity index (χ1) is 10.3. The van der Waals surface area contributed by atoms with E-state index in [4.69, 9.17) is 4.74 Å². The molecule has 0 amide bonds. The molecule has 4 rings (SSSR count). The number of ketones is 1. The Hall–Kier alpha value is -1.31. The molecule has 2 saturated carbocycles. The Bertz CT molecular complexity index is 548. The Balaban J connectivity index is 1.29. The normalized spacial score (nSPS) is 29.4. The Kier molecular flexibility index (Phi) is 3.48. The lowest BCUT2D eigenvalue weighted by Crippen LogP contribution is -2.15. The lowest BCUT2D eigenvalue weighted by Gasteiger charge is -2.20. The van der Waals surface area contributed by atoms with Crippen molar-refractivity contribution in [3.05, 3.63) is 29.3 Å². The molecule has 1 aromatic carbocycles. The third-order valence-electron chi connectivity index (χ3n) is 5.82. The van der Waals surface area contributed by atoms with Gasteiger partial charge in [0.1, 0.15) is 11.5 Å². The zero-order chi connectivity index (χ0) is 14.2. The van der Waals surface area contributed by atoms with Crippen LogP contribution in [-0.2, 0) is 17.6 Å². The van der Waals surface area contributed by atoms with Crippen LogP contribution in [0.2, 0.25) is 0 Å². The van der Waals surface area contributed by atoms with Crippen molar-refractivity contribution in [1.82, 2.24) is 0 Å². The minimum absolute atomic E-state index is 0.476. The summed E-state index contributed by atoms with van der Waals surface area (Å²) < 4.78 is 5.53. The van der Waals surface area contributed by atoms with Crippen molar-refractivity contribution in [2.75, 3.05) is 6.61 Å². The number of rotatable bonds is 5. The fourth-order valence-corrected chi connectivity index (χ4v) is 4.70. The first kappa shape index (κ1) is 13.4. The van der Waals surface area contributed by atoms with Gasteiger partial charge in [-0.25, -0.2) is 0 Å². The van der Waals surface area contributed by atoms with Crippen LogP contribution in [0.25, 0.3) is 0 Å². The van der Waals surface area contributed by atoms with Gasteiger partial charge in [0.05, 0.1) is 6.61 Å². The zero-order valence-corrected chi connectivity index (χ0v) is 12.6. The van der Waals surface area contributed by atoms with Gasteiger partial charge in [-0.3, -0.25) is 4.79 Å². The molecule has 0 aromatic heterocycles. The van der Waals surface area contributed by atoms with E-state index in [0.29, 0.717) is 18.1 Å². The molecule has 1 aliphatic heterocycles. The van der Waals surface area contributed by atoms with Gasteiger partial charge < -0.3 is 4.74 Å². The highest BCUT2D eigenvalue weighted by atomic mass is 16.5. The number of hydrogen-bond donors (Lipinski definition) is 0. The van der Waals surface area contributed by atoms with Crippen LogP contribution < -0.4 is 4.74 Å². The second kappa shape index (κ2) is 5.47. The topological polar surface area (TPSA) is 26.3 Å². The third kappa shape index (κ3) is 2.73. The number of carbonyl (C=O) groups is 1. The molecule has 2 bridgehead atoms. The van der Waals surface area contributed by atoms with E-state index in [1.165, 1.54) is 36.8 Å². The zero-order valence-electron chi connectivity index (χ0n) is 12.6. The second-order valence-corrected chi connectivity index (χ2v) is 7.22. The van der Waals surface area contributed by atoms with Crippen molar-refractivity contribution in [2.24, 2.45) is 17.8 Å². The smallest absolute Gasteiger partial charge is 0.133 e. The van der Waals surface area contributed by atoms with E-state index in [1.54, 1.807) is 0 Å². The average molecular weight is 284 g/mol. The van der Waals surface area contributed by atoms with Crippen LogP contribution in [0, 0.1) is 17.8 Å². The Morgan fingerprint density at radius 3 is 3.00 bits per heavy atom. The van der Waals surface area contributed by atoms with Gasteiger partial charge in [-0.2, -0.15) is 0 Å². The third-order valence-corrected chi connectivity index (χ3v) is 5.82. The molecular weight excluding hydrogens is 260 g/mol. The Morgan fingerprint density at radius 1 is 1.24 bits per heavy atom. The summed E-state index contributed by atoms with van der Waals surface area (Å²) in [6.45, 7) is 0.807. The van der Waals surface area contributed by atoms with Gasteiger partial charge in [0.2, 0.25) is 0 Å². The molecule has 3 atom stereocenters. The number of fused-ring (bicyclic) bond motifs is 3. The molecule has 0 saturated heterocycles. The summed E-state index contributed by atoms with van der Waals surface area (Å²) in [5.74, 6) is 4.04. The number of carbonyl (C=O) groups excluding carboxylic acids is 1. The van der Waals surface area contributed by atoms with Gasteiger partial charge in [-0.05, 0) is 60.6 Å². The molecule has 1 aromatic rings. The number of hydrogen-bond acceptors (Lipinski definition) is 2. The van der Waals surface area contributed by atoms with E-state index in [9.17, 15) is 4.79 Å². The van der Waals surface area contributed by atoms with Crippen LogP contribution in [-0.4, -0.2) is 12.4 Å². The van der Waals surface area contributed by atoms with Crippen LogP contribution in [0.15, 0.2) is 18.2 Å². The van der Waals surface area contributed by atoms with Gasteiger partial charge in [0, 0.05) is 19.3 Å². The molecule has 0 spiro atoms. The summed E-state index contributed by atoms with van der Waals surface area (Å²) in [7, 11) is 0. The van der Waals surface area contributed by atoms with Crippen molar-refractivity contribution >= 4 is 5.78 Å². The highest BCUT2D eigenvalue weighted by molar-refractivity contribution is 5.79.